The molecule has 102 valence electrons. The molecule has 3 nitrogen and oxygen atoms in total. The van der Waals surface area contributed by atoms with Crippen molar-refractivity contribution in [3.05, 3.63) is 35.5 Å². The number of fused-ring (bicyclic) bond motifs is 1. The first-order valence-corrected chi connectivity index (χ1v) is 6.67. The van der Waals surface area contributed by atoms with Crippen molar-refractivity contribution in [2.45, 2.75) is 40.7 Å². The van der Waals surface area contributed by atoms with Gasteiger partial charge in [0.15, 0.2) is 0 Å². The Morgan fingerprint density at radius 2 is 2.05 bits per heavy atom. The van der Waals surface area contributed by atoms with Crippen LogP contribution in [0, 0.1) is 12.3 Å². The van der Waals surface area contributed by atoms with E-state index in [2.05, 4.69) is 42.8 Å². The van der Waals surface area contributed by atoms with E-state index in [1.807, 2.05) is 0 Å². The Morgan fingerprint density at radius 3 is 2.63 bits per heavy atom. The summed E-state index contributed by atoms with van der Waals surface area (Å²) in [7, 11) is 0. The molecule has 0 saturated carbocycles. The summed E-state index contributed by atoms with van der Waals surface area (Å²) in [6.45, 7) is 8.63. The van der Waals surface area contributed by atoms with E-state index in [4.69, 9.17) is 0 Å². The maximum absolute atomic E-state index is 11.3. The van der Waals surface area contributed by atoms with Crippen LogP contribution in [0.2, 0.25) is 0 Å². The van der Waals surface area contributed by atoms with Crippen LogP contribution in [-0.2, 0) is 17.8 Å². The van der Waals surface area contributed by atoms with Gasteiger partial charge in [-0.1, -0.05) is 12.1 Å². The average molecular weight is 259 g/mol. The van der Waals surface area contributed by atoms with E-state index in [0.29, 0.717) is 6.42 Å². The highest BCUT2D eigenvalue weighted by Crippen LogP contribution is 2.29. The fourth-order valence-corrected chi connectivity index (χ4v) is 2.43. The van der Waals surface area contributed by atoms with E-state index in [-0.39, 0.29) is 0 Å². The molecule has 0 spiro atoms. The molecule has 1 aromatic carbocycles. The molecule has 3 heteroatoms. The Hall–Kier alpha value is -1.77. The number of hydrogen-bond donors (Lipinski definition) is 1. The van der Waals surface area contributed by atoms with Crippen LogP contribution < -0.4 is 0 Å². The van der Waals surface area contributed by atoms with Crippen molar-refractivity contribution >= 4 is 16.9 Å². The second-order valence-corrected chi connectivity index (χ2v) is 5.83. The zero-order valence-corrected chi connectivity index (χ0v) is 12.0. The first-order chi connectivity index (χ1) is 8.85. The number of benzene rings is 1. The van der Waals surface area contributed by atoms with Gasteiger partial charge < -0.3 is 9.67 Å². The van der Waals surface area contributed by atoms with Crippen LogP contribution in [0.15, 0.2) is 24.4 Å². The quantitative estimate of drug-likeness (QED) is 0.911. The standard InChI is InChI=1S/C16H21NO2/c1-5-17-10-12(9-16(3,4)15(18)19)13-7-6-11(2)8-14(13)17/h6-8,10H,5,9H2,1-4H3,(H,18,19). The summed E-state index contributed by atoms with van der Waals surface area (Å²) in [6.07, 6.45) is 2.64. The van der Waals surface area contributed by atoms with Gasteiger partial charge >= 0.3 is 5.97 Å². The van der Waals surface area contributed by atoms with Gasteiger partial charge in [0.05, 0.1) is 5.41 Å². The normalized spacial score (nSPS) is 12.0. The molecule has 19 heavy (non-hydrogen) atoms. The molecule has 0 bridgehead atoms. The summed E-state index contributed by atoms with van der Waals surface area (Å²) in [5.74, 6) is -0.753. The van der Waals surface area contributed by atoms with Gasteiger partial charge in [-0.25, -0.2) is 0 Å². The lowest BCUT2D eigenvalue weighted by Crippen LogP contribution is -2.26. The predicted octanol–water partition coefficient (Wildman–Crippen LogP) is 3.62. The molecule has 0 saturated heterocycles. The number of aryl methyl sites for hydroxylation is 2. The smallest absolute Gasteiger partial charge is 0.309 e. The maximum atomic E-state index is 11.3. The molecule has 0 radical (unpaired) electrons. The third-order valence-corrected chi connectivity index (χ3v) is 3.67. The van der Waals surface area contributed by atoms with E-state index >= 15 is 0 Å². The van der Waals surface area contributed by atoms with Crippen molar-refractivity contribution in [2.24, 2.45) is 5.41 Å². The van der Waals surface area contributed by atoms with Crippen molar-refractivity contribution in [3.8, 4) is 0 Å². The third-order valence-electron chi connectivity index (χ3n) is 3.67. The van der Waals surface area contributed by atoms with Crippen LogP contribution in [0.1, 0.15) is 31.9 Å². The van der Waals surface area contributed by atoms with E-state index < -0.39 is 11.4 Å². The molecule has 0 unspecified atom stereocenters. The highest BCUT2D eigenvalue weighted by Gasteiger charge is 2.28. The number of carboxylic acids is 1. The number of carbonyl (C=O) groups is 1. The number of carboxylic acid groups (broad SMARTS) is 1. The van der Waals surface area contributed by atoms with E-state index in [1.165, 1.54) is 16.5 Å². The van der Waals surface area contributed by atoms with Gasteiger partial charge in [-0.2, -0.15) is 0 Å². The molecule has 2 rings (SSSR count). The Kier molecular flexibility index (Phi) is 3.40. The van der Waals surface area contributed by atoms with Crippen molar-refractivity contribution in [3.63, 3.8) is 0 Å². The zero-order chi connectivity index (χ0) is 14.2. The van der Waals surface area contributed by atoms with Crippen LogP contribution >= 0.6 is 0 Å². The SMILES string of the molecule is CCn1cc(CC(C)(C)C(=O)O)c2ccc(C)cc21. The summed E-state index contributed by atoms with van der Waals surface area (Å²) in [6, 6.07) is 6.35. The van der Waals surface area contributed by atoms with Crippen LogP contribution in [0.5, 0.6) is 0 Å². The Labute approximate surface area is 113 Å². The van der Waals surface area contributed by atoms with Crippen LogP contribution in [0.4, 0.5) is 0 Å². The minimum Gasteiger partial charge on any atom is -0.481 e. The Bertz CT molecular complexity index is 623. The van der Waals surface area contributed by atoms with Gasteiger partial charge in [-0.15, -0.1) is 0 Å². The molecule has 1 N–H and O–H groups in total. The first-order valence-electron chi connectivity index (χ1n) is 6.67. The molecule has 0 amide bonds. The highest BCUT2D eigenvalue weighted by molar-refractivity contribution is 5.85. The fourth-order valence-electron chi connectivity index (χ4n) is 2.43. The number of nitrogens with zero attached hydrogens (tertiary/aromatic N) is 1. The van der Waals surface area contributed by atoms with Crippen molar-refractivity contribution in [1.29, 1.82) is 0 Å². The monoisotopic (exact) mass is 259 g/mol. The molecule has 0 fully saturated rings. The molecule has 0 aliphatic rings. The van der Waals surface area contributed by atoms with Crippen LogP contribution in [0.25, 0.3) is 10.9 Å². The van der Waals surface area contributed by atoms with Gasteiger partial charge in [-0.05, 0) is 51.3 Å². The van der Waals surface area contributed by atoms with Crippen molar-refractivity contribution in [1.82, 2.24) is 4.57 Å². The van der Waals surface area contributed by atoms with E-state index in [0.717, 1.165) is 12.1 Å². The summed E-state index contributed by atoms with van der Waals surface area (Å²) in [4.78, 5) is 11.3. The molecule has 2 aromatic rings. The van der Waals surface area contributed by atoms with Gasteiger partial charge in [-0.3, -0.25) is 4.79 Å². The van der Waals surface area contributed by atoms with Gasteiger partial charge in [0, 0.05) is 23.6 Å². The van der Waals surface area contributed by atoms with Crippen molar-refractivity contribution in [2.75, 3.05) is 0 Å². The number of hydrogen-bond acceptors (Lipinski definition) is 1. The molecule has 0 atom stereocenters. The lowest BCUT2D eigenvalue weighted by atomic mass is 9.86. The van der Waals surface area contributed by atoms with E-state index in [1.54, 1.807) is 13.8 Å². The number of aliphatic carboxylic acids is 1. The van der Waals surface area contributed by atoms with E-state index in [9.17, 15) is 9.90 Å². The summed E-state index contributed by atoms with van der Waals surface area (Å²) in [5.41, 5.74) is 2.80. The largest absolute Gasteiger partial charge is 0.481 e. The van der Waals surface area contributed by atoms with Gasteiger partial charge in [0.25, 0.3) is 0 Å². The maximum Gasteiger partial charge on any atom is 0.309 e. The molecular weight excluding hydrogens is 238 g/mol. The number of rotatable bonds is 4. The second-order valence-electron chi connectivity index (χ2n) is 5.83. The van der Waals surface area contributed by atoms with Gasteiger partial charge in [0.2, 0.25) is 0 Å². The molecular formula is C16H21NO2. The third kappa shape index (κ3) is 2.50. The predicted molar refractivity (Wildman–Crippen MR) is 77.5 cm³/mol. The summed E-state index contributed by atoms with van der Waals surface area (Å²) >= 11 is 0. The van der Waals surface area contributed by atoms with Gasteiger partial charge in [0.1, 0.15) is 0 Å². The molecule has 1 aromatic heterocycles. The Balaban J connectivity index is 2.53. The molecule has 0 aliphatic heterocycles. The topological polar surface area (TPSA) is 42.2 Å². The van der Waals surface area contributed by atoms with Crippen molar-refractivity contribution < 1.29 is 9.90 Å². The lowest BCUT2D eigenvalue weighted by molar-refractivity contribution is -0.146. The second kappa shape index (κ2) is 4.72. The van der Waals surface area contributed by atoms with Crippen LogP contribution in [0.3, 0.4) is 0 Å². The minimum atomic E-state index is -0.753. The summed E-state index contributed by atoms with van der Waals surface area (Å²) < 4.78 is 2.19. The van der Waals surface area contributed by atoms with Crippen LogP contribution in [-0.4, -0.2) is 15.6 Å². The Morgan fingerprint density at radius 1 is 1.37 bits per heavy atom. The minimum absolute atomic E-state index is 0.550. The first kappa shape index (κ1) is 13.7. The lowest BCUT2D eigenvalue weighted by Gasteiger charge is -2.18. The highest BCUT2D eigenvalue weighted by atomic mass is 16.4. The summed E-state index contributed by atoms with van der Waals surface area (Å²) in [5, 5.41) is 10.4. The number of aromatic nitrogens is 1. The molecule has 1 heterocycles. The zero-order valence-electron chi connectivity index (χ0n) is 12.0. The fraction of sp³-hybridized carbons (Fsp3) is 0.438. The average Bonchev–Trinajstić information content (AvgIpc) is 2.66. The molecule has 0 aliphatic carbocycles.